The fourth-order valence-electron chi connectivity index (χ4n) is 2.64. The molecule has 1 aliphatic rings. The van der Waals surface area contributed by atoms with Crippen LogP contribution in [0.1, 0.15) is 31.2 Å². The van der Waals surface area contributed by atoms with Crippen LogP contribution in [0.5, 0.6) is 0 Å². The Morgan fingerprint density at radius 3 is 2.44 bits per heavy atom. The van der Waals surface area contributed by atoms with E-state index in [4.69, 9.17) is 0 Å². The predicted octanol–water partition coefficient (Wildman–Crippen LogP) is 3.90. The number of hydrogen-bond donors (Lipinski definition) is 1. The zero-order valence-electron chi connectivity index (χ0n) is 9.73. The molecule has 0 heterocycles. The molecular weight excluding hydrogens is 258 g/mol. The van der Waals surface area contributed by atoms with Crippen LogP contribution in [-0.4, -0.2) is 16.8 Å². The second-order valence-electron chi connectivity index (χ2n) is 4.47. The number of halogens is 2. The van der Waals surface area contributed by atoms with Gasteiger partial charge in [-0.1, -0.05) is 42.8 Å². The number of alkyl halides is 2. The molecule has 2 nitrogen and oxygen atoms in total. The summed E-state index contributed by atoms with van der Waals surface area (Å²) in [4.78, 5) is 12.0. The predicted molar refractivity (Wildman–Crippen MR) is 66.1 cm³/mol. The van der Waals surface area contributed by atoms with Gasteiger partial charge < -0.3 is 5.11 Å². The molecule has 0 amide bonds. The maximum atomic E-state index is 12.5. The molecule has 0 aromatic heterocycles. The lowest BCUT2D eigenvalue weighted by Crippen LogP contribution is -2.33. The zero-order valence-corrected chi connectivity index (χ0v) is 10.6. The SMILES string of the molecule is O=C(O)C1(c2ccccc2SC(F)F)CCCC1. The number of benzene rings is 1. The molecular formula is C13H14F2O2S. The molecule has 1 N–H and O–H groups in total. The number of carbonyl (C=O) groups is 1. The van der Waals surface area contributed by atoms with E-state index in [1.807, 2.05) is 0 Å². The van der Waals surface area contributed by atoms with Crippen LogP contribution in [-0.2, 0) is 10.2 Å². The number of aliphatic carboxylic acids is 1. The first-order valence-corrected chi connectivity index (χ1v) is 6.72. The quantitative estimate of drug-likeness (QED) is 0.845. The van der Waals surface area contributed by atoms with Gasteiger partial charge in [-0.05, 0) is 24.5 Å². The Bertz CT molecular complexity index is 442. The summed E-state index contributed by atoms with van der Waals surface area (Å²) in [6.07, 6.45) is 2.73. The first-order chi connectivity index (χ1) is 8.56. The summed E-state index contributed by atoms with van der Waals surface area (Å²) in [5.74, 6) is -3.43. The average molecular weight is 272 g/mol. The van der Waals surface area contributed by atoms with E-state index in [1.54, 1.807) is 24.3 Å². The van der Waals surface area contributed by atoms with Crippen LogP contribution >= 0.6 is 11.8 Å². The highest BCUT2D eigenvalue weighted by Crippen LogP contribution is 2.45. The lowest BCUT2D eigenvalue weighted by atomic mass is 9.79. The fraction of sp³-hybridized carbons (Fsp3) is 0.462. The zero-order chi connectivity index (χ0) is 13.2. The van der Waals surface area contributed by atoms with Crippen molar-refractivity contribution < 1.29 is 18.7 Å². The first kappa shape index (κ1) is 13.3. The Balaban J connectivity index is 2.45. The smallest absolute Gasteiger partial charge is 0.314 e. The molecule has 0 unspecified atom stereocenters. The molecule has 2 rings (SSSR count). The minimum atomic E-state index is -2.53. The summed E-state index contributed by atoms with van der Waals surface area (Å²) >= 11 is 0.431. The van der Waals surface area contributed by atoms with Crippen molar-refractivity contribution in [3.63, 3.8) is 0 Å². The van der Waals surface area contributed by atoms with Crippen LogP contribution in [0.25, 0.3) is 0 Å². The molecule has 18 heavy (non-hydrogen) atoms. The Labute approximate surface area is 108 Å². The van der Waals surface area contributed by atoms with Gasteiger partial charge in [-0.25, -0.2) is 0 Å². The van der Waals surface area contributed by atoms with Crippen molar-refractivity contribution >= 4 is 17.7 Å². The Morgan fingerprint density at radius 2 is 1.89 bits per heavy atom. The van der Waals surface area contributed by atoms with Crippen molar-refractivity contribution in [2.45, 2.75) is 41.8 Å². The number of hydrogen-bond acceptors (Lipinski definition) is 2. The van der Waals surface area contributed by atoms with Gasteiger partial charge in [0.1, 0.15) is 0 Å². The van der Waals surface area contributed by atoms with Crippen molar-refractivity contribution in [1.82, 2.24) is 0 Å². The summed E-state index contributed by atoms with van der Waals surface area (Å²) in [5, 5.41) is 9.48. The van der Waals surface area contributed by atoms with E-state index in [9.17, 15) is 18.7 Å². The molecule has 0 spiro atoms. The van der Waals surface area contributed by atoms with E-state index < -0.39 is 17.1 Å². The molecule has 0 atom stereocenters. The second-order valence-corrected chi connectivity index (χ2v) is 5.50. The lowest BCUT2D eigenvalue weighted by molar-refractivity contribution is -0.143. The number of rotatable bonds is 4. The number of thioether (sulfide) groups is 1. The molecule has 0 saturated heterocycles. The Hall–Kier alpha value is -1.10. The van der Waals surface area contributed by atoms with Gasteiger partial charge in [0.15, 0.2) is 0 Å². The third-order valence-electron chi connectivity index (χ3n) is 3.49. The molecule has 1 fully saturated rings. The van der Waals surface area contributed by atoms with Gasteiger partial charge in [-0.3, -0.25) is 4.79 Å². The van der Waals surface area contributed by atoms with Gasteiger partial charge in [0.2, 0.25) is 0 Å². The van der Waals surface area contributed by atoms with E-state index in [0.717, 1.165) is 12.8 Å². The van der Waals surface area contributed by atoms with Crippen molar-refractivity contribution in [1.29, 1.82) is 0 Å². The third kappa shape index (κ3) is 2.36. The highest BCUT2D eigenvalue weighted by atomic mass is 32.2. The van der Waals surface area contributed by atoms with Gasteiger partial charge in [0.25, 0.3) is 5.76 Å². The summed E-state index contributed by atoms with van der Waals surface area (Å²) in [7, 11) is 0. The summed E-state index contributed by atoms with van der Waals surface area (Å²) < 4.78 is 25.1. The molecule has 5 heteroatoms. The number of carboxylic acid groups (broad SMARTS) is 1. The van der Waals surface area contributed by atoms with Crippen LogP contribution in [0, 0.1) is 0 Å². The van der Waals surface area contributed by atoms with E-state index in [0.29, 0.717) is 35.1 Å². The summed E-state index contributed by atoms with van der Waals surface area (Å²) in [6, 6.07) is 6.63. The van der Waals surface area contributed by atoms with Crippen LogP contribution in [0.2, 0.25) is 0 Å². The van der Waals surface area contributed by atoms with Crippen molar-refractivity contribution in [3.8, 4) is 0 Å². The van der Waals surface area contributed by atoms with Gasteiger partial charge in [0, 0.05) is 4.90 Å². The average Bonchev–Trinajstić information content (AvgIpc) is 2.79. The molecule has 1 aromatic carbocycles. The standard InChI is InChI=1S/C13H14F2O2S/c14-12(15)18-10-6-2-1-5-9(10)13(11(16)17)7-3-4-8-13/h1-2,5-6,12H,3-4,7-8H2,(H,16,17). The number of carboxylic acids is 1. The molecule has 0 radical (unpaired) electrons. The van der Waals surface area contributed by atoms with E-state index >= 15 is 0 Å². The van der Waals surface area contributed by atoms with E-state index in [-0.39, 0.29) is 0 Å². The third-order valence-corrected chi connectivity index (χ3v) is 4.27. The van der Waals surface area contributed by atoms with Crippen molar-refractivity contribution in [3.05, 3.63) is 29.8 Å². The van der Waals surface area contributed by atoms with Gasteiger partial charge in [-0.15, -0.1) is 0 Å². The van der Waals surface area contributed by atoms with E-state index in [2.05, 4.69) is 0 Å². The highest BCUT2D eigenvalue weighted by molar-refractivity contribution is 7.99. The monoisotopic (exact) mass is 272 g/mol. The maximum absolute atomic E-state index is 12.5. The lowest BCUT2D eigenvalue weighted by Gasteiger charge is -2.26. The fourth-order valence-corrected chi connectivity index (χ4v) is 3.38. The summed E-state index contributed by atoms with van der Waals surface area (Å²) in [5.41, 5.74) is -0.432. The van der Waals surface area contributed by atoms with Crippen LogP contribution < -0.4 is 0 Å². The van der Waals surface area contributed by atoms with Crippen molar-refractivity contribution in [2.75, 3.05) is 0 Å². The van der Waals surface area contributed by atoms with Gasteiger partial charge in [-0.2, -0.15) is 8.78 Å². The second kappa shape index (κ2) is 5.26. The molecule has 1 aromatic rings. The molecule has 1 saturated carbocycles. The van der Waals surface area contributed by atoms with Crippen LogP contribution in [0.3, 0.4) is 0 Å². The Kier molecular flexibility index (Phi) is 3.90. The first-order valence-electron chi connectivity index (χ1n) is 5.84. The van der Waals surface area contributed by atoms with Crippen LogP contribution in [0.15, 0.2) is 29.2 Å². The Morgan fingerprint density at radius 1 is 1.28 bits per heavy atom. The molecule has 98 valence electrons. The van der Waals surface area contributed by atoms with Gasteiger partial charge >= 0.3 is 5.97 Å². The van der Waals surface area contributed by atoms with Gasteiger partial charge in [0.05, 0.1) is 5.41 Å². The van der Waals surface area contributed by atoms with Crippen LogP contribution in [0.4, 0.5) is 8.78 Å². The summed E-state index contributed by atoms with van der Waals surface area (Å²) in [6.45, 7) is 0. The minimum absolute atomic E-state index is 0.386. The minimum Gasteiger partial charge on any atom is -0.481 e. The van der Waals surface area contributed by atoms with E-state index in [1.165, 1.54) is 0 Å². The molecule has 0 aliphatic heterocycles. The largest absolute Gasteiger partial charge is 0.481 e. The molecule has 1 aliphatic carbocycles. The maximum Gasteiger partial charge on any atom is 0.314 e. The topological polar surface area (TPSA) is 37.3 Å². The molecule has 0 bridgehead atoms. The highest BCUT2D eigenvalue weighted by Gasteiger charge is 2.44. The normalized spacial score (nSPS) is 18.2. The van der Waals surface area contributed by atoms with Crippen molar-refractivity contribution in [2.24, 2.45) is 0 Å².